The van der Waals surface area contributed by atoms with Gasteiger partial charge < -0.3 is 5.32 Å². The van der Waals surface area contributed by atoms with E-state index in [1.54, 1.807) is 17.1 Å². The van der Waals surface area contributed by atoms with E-state index in [2.05, 4.69) is 26.3 Å². The topological polar surface area (TPSA) is 46.9 Å². The SMILES string of the molecule is CCCNC(=O)C(C)n1cc(Br)cn1. The van der Waals surface area contributed by atoms with Crippen molar-refractivity contribution in [3.63, 3.8) is 0 Å². The number of halogens is 1. The van der Waals surface area contributed by atoms with Gasteiger partial charge in [0.25, 0.3) is 0 Å². The van der Waals surface area contributed by atoms with E-state index in [-0.39, 0.29) is 11.9 Å². The van der Waals surface area contributed by atoms with Gasteiger partial charge in [0.05, 0.1) is 10.7 Å². The maximum absolute atomic E-state index is 11.5. The third-order valence-corrected chi connectivity index (χ3v) is 2.30. The van der Waals surface area contributed by atoms with Gasteiger partial charge in [-0.05, 0) is 29.3 Å². The summed E-state index contributed by atoms with van der Waals surface area (Å²) in [5.74, 6) is 0.00227. The van der Waals surface area contributed by atoms with Crippen molar-refractivity contribution in [3.05, 3.63) is 16.9 Å². The van der Waals surface area contributed by atoms with Crippen LogP contribution in [-0.4, -0.2) is 22.2 Å². The van der Waals surface area contributed by atoms with Gasteiger partial charge in [-0.15, -0.1) is 0 Å². The number of hydrogen-bond donors (Lipinski definition) is 1. The van der Waals surface area contributed by atoms with Crippen molar-refractivity contribution in [3.8, 4) is 0 Å². The highest BCUT2D eigenvalue weighted by Crippen LogP contribution is 2.11. The van der Waals surface area contributed by atoms with Crippen LogP contribution in [0.5, 0.6) is 0 Å². The molecule has 0 aliphatic rings. The van der Waals surface area contributed by atoms with E-state index in [1.165, 1.54) is 0 Å². The summed E-state index contributed by atoms with van der Waals surface area (Å²) in [6, 6.07) is -0.257. The molecule has 4 nitrogen and oxygen atoms in total. The van der Waals surface area contributed by atoms with Crippen molar-refractivity contribution in [2.75, 3.05) is 6.54 Å². The molecule has 1 heterocycles. The zero-order valence-corrected chi connectivity index (χ0v) is 9.91. The molecule has 0 spiro atoms. The smallest absolute Gasteiger partial charge is 0.244 e. The predicted molar refractivity (Wildman–Crippen MR) is 57.9 cm³/mol. The van der Waals surface area contributed by atoms with E-state index in [0.29, 0.717) is 6.54 Å². The maximum atomic E-state index is 11.5. The van der Waals surface area contributed by atoms with E-state index in [9.17, 15) is 4.79 Å². The molecule has 0 fully saturated rings. The van der Waals surface area contributed by atoms with Crippen molar-refractivity contribution < 1.29 is 4.79 Å². The minimum absolute atomic E-state index is 0.00227. The summed E-state index contributed by atoms with van der Waals surface area (Å²) in [6.45, 7) is 4.56. The minimum Gasteiger partial charge on any atom is -0.354 e. The number of amides is 1. The Morgan fingerprint density at radius 2 is 2.50 bits per heavy atom. The van der Waals surface area contributed by atoms with Gasteiger partial charge in [-0.3, -0.25) is 9.48 Å². The zero-order valence-electron chi connectivity index (χ0n) is 8.33. The van der Waals surface area contributed by atoms with Crippen LogP contribution in [0.3, 0.4) is 0 Å². The summed E-state index contributed by atoms with van der Waals surface area (Å²) in [4.78, 5) is 11.5. The van der Waals surface area contributed by atoms with Crippen molar-refractivity contribution >= 4 is 21.8 Å². The third kappa shape index (κ3) is 2.83. The lowest BCUT2D eigenvalue weighted by Crippen LogP contribution is -2.31. The Balaban J connectivity index is 2.56. The molecule has 5 heteroatoms. The highest BCUT2D eigenvalue weighted by molar-refractivity contribution is 9.10. The Bertz CT molecular complexity index is 311. The predicted octanol–water partition coefficient (Wildman–Crippen LogP) is 1.73. The second-order valence-electron chi connectivity index (χ2n) is 3.11. The molecule has 14 heavy (non-hydrogen) atoms. The summed E-state index contributed by atoms with van der Waals surface area (Å²) >= 11 is 3.29. The fourth-order valence-electron chi connectivity index (χ4n) is 1.04. The summed E-state index contributed by atoms with van der Waals surface area (Å²) in [6.07, 6.45) is 4.40. The fraction of sp³-hybridized carbons (Fsp3) is 0.556. The summed E-state index contributed by atoms with van der Waals surface area (Å²) < 4.78 is 2.52. The van der Waals surface area contributed by atoms with Gasteiger partial charge >= 0.3 is 0 Å². The molecule has 0 aliphatic heterocycles. The Morgan fingerprint density at radius 1 is 1.79 bits per heavy atom. The van der Waals surface area contributed by atoms with Crippen LogP contribution >= 0.6 is 15.9 Å². The number of aromatic nitrogens is 2. The van der Waals surface area contributed by atoms with Crippen molar-refractivity contribution in [1.29, 1.82) is 0 Å². The van der Waals surface area contributed by atoms with Gasteiger partial charge in [0.1, 0.15) is 6.04 Å². The van der Waals surface area contributed by atoms with Gasteiger partial charge in [-0.25, -0.2) is 0 Å². The van der Waals surface area contributed by atoms with E-state index < -0.39 is 0 Å². The van der Waals surface area contributed by atoms with E-state index in [0.717, 1.165) is 10.9 Å². The number of carbonyl (C=O) groups excluding carboxylic acids is 1. The molecule has 1 amide bonds. The van der Waals surface area contributed by atoms with Crippen LogP contribution in [0.15, 0.2) is 16.9 Å². The van der Waals surface area contributed by atoms with Crippen LogP contribution in [0.4, 0.5) is 0 Å². The zero-order chi connectivity index (χ0) is 10.6. The summed E-state index contributed by atoms with van der Waals surface area (Å²) in [5.41, 5.74) is 0. The number of nitrogens with one attached hydrogen (secondary N) is 1. The Hall–Kier alpha value is -0.840. The molecule has 1 aromatic rings. The second-order valence-corrected chi connectivity index (χ2v) is 4.02. The molecule has 0 aromatic carbocycles. The molecule has 78 valence electrons. The molecule has 0 bridgehead atoms. The van der Waals surface area contributed by atoms with Crippen molar-refractivity contribution in [2.24, 2.45) is 0 Å². The van der Waals surface area contributed by atoms with E-state index in [4.69, 9.17) is 0 Å². The standard InChI is InChI=1S/C9H14BrN3O/c1-3-4-11-9(14)7(2)13-6-8(10)5-12-13/h5-7H,3-4H2,1-2H3,(H,11,14). The molecular weight excluding hydrogens is 246 g/mol. The normalized spacial score (nSPS) is 12.5. The third-order valence-electron chi connectivity index (χ3n) is 1.90. The molecule has 0 saturated heterocycles. The van der Waals surface area contributed by atoms with Crippen LogP contribution < -0.4 is 5.32 Å². The monoisotopic (exact) mass is 259 g/mol. The summed E-state index contributed by atoms with van der Waals surface area (Å²) in [7, 11) is 0. The summed E-state index contributed by atoms with van der Waals surface area (Å²) in [5, 5.41) is 6.88. The van der Waals surface area contributed by atoms with Gasteiger partial charge in [0, 0.05) is 12.7 Å². The van der Waals surface area contributed by atoms with Crippen LogP contribution in [0.1, 0.15) is 26.3 Å². The van der Waals surface area contributed by atoms with Gasteiger partial charge in [-0.1, -0.05) is 6.92 Å². The molecular formula is C9H14BrN3O. The highest BCUT2D eigenvalue weighted by atomic mass is 79.9. The number of nitrogens with zero attached hydrogens (tertiary/aromatic N) is 2. The van der Waals surface area contributed by atoms with Crippen LogP contribution in [0.2, 0.25) is 0 Å². The second kappa shape index (κ2) is 5.14. The van der Waals surface area contributed by atoms with Crippen molar-refractivity contribution in [1.82, 2.24) is 15.1 Å². The first-order valence-electron chi connectivity index (χ1n) is 4.62. The molecule has 1 rings (SSSR count). The lowest BCUT2D eigenvalue weighted by Gasteiger charge is -2.11. The molecule has 1 aromatic heterocycles. The Labute approximate surface area is 91.8 Å². The lowest BCUT2D eigenvalue weighted by molar-refractivity contribution is -0.124. The molecule has 1 unspecified atom stereocenters. The van der Waals surface area contributed by atoms with Crippen LogP contribution in [0, 0.1) is 0 Å². The molecule has 0 saturated carbocycles. The Kier molecular flexibility index (Phi) is 4.13. The van der Waals surface area contributed by atoms with Gasteiger partial charge in [0.15, 0.2) is 0 Å². The Morgan fingerprint density at radius 3 is 3.00 bits per heavy atom. The van der Waals surface area contributed by atoms with Gasteiger partial charge in [0.2, 0.25) is 5.91 Å². The quantitative estimate of drug-likeness (QED) is 0.896. The number of carbonyl (C=O) groups is 1. The minimum atomic E-state index is -0.257. The van der Waals surface area contributed by atoms with Crippen molar-refractivity contribution in [2.45, 2.75) is 26.3 Å². The first-order valence-corrected chi connectivity index (χ1v) is 5.41. The average Bonchev–Trinajstić information content (AvgIpc) is 2.60. The first kappa shape index (κ1) is 11.2. The van der Waals surface area contributed by atoms with E-state index >= 15 is 0 Å². The first-order chi connectivity index (χ1) is 6.65. The maximum Gasteiger partial charge on any atom is 0.244 e. The number of hydrogen-bond acceptors (Lipinski definition) is 2. The average molecular weight is 260 g/mol. The molecule has 0 aliphatic carbocycles. The molecule has 1 N–H and O–H groups in total. The highest BCUT2D eigenvalue weighted by Gasteiger charge is 2.14. The molecule has 1 atom stereocenters. The largest absolute Gasteiger partial charge is 0.354 e. The van der Waals surface area contributed by atoms with Gasteiger partial charge in [-0.2, -0.15) is 5.10 Å². The van der Waals surface area contributed by atoms with Crippen LogP contribution in [0.25, 0.3) is 0 Å². The molecule has 0 radical (unpaired) electrons. The van der Waals surface area contributed by atoms with E-state index in [1.807, 2.05) is 13.8 Å². The van der Waals surface area contributed by atoms with Crippen LogP contribution in [-0.2, 0) is 4.79 Å². The fourth-order valence-corrected chi connectivity index (χ4v) is 1.34. The lowest BCUT2D eigenvalue weighted by atomic mass is 10.3. The number of rotatable bonds is 4.